The van der Waals surface area contributed by atoms with Gasteiger partial charge in [0.05, 0.1) is 5.69 Å². The number of halogens is 1. The second-order valence-corrected chi connectivity index (χ2v) is 5.71. The largest absolute Gasteiger partial charge is 0.383 e. The summed E-state index contributed by atoms with van der Waals surface area (Å²) in [7, 11) is 0. The Morgan fingerprint density at radius 1 is 1.29 bits per heavy atom. The summed E-state index contributed by atoms with van der Waals surface area (Å²) in [6, 6.07) is 4.01. The summed E-state index contributed by atoms with van der Waals surface area (Å²) >= 11 is 3.47. The second-order valence-electron chi connectivity index (χ2n) is 4.79. The number of aromatic nitrogens is 2. The summed E-state index contributed by atoms with van der Waals surface area (Å²) in [4.78, 5) is 4.70. The summed E-state index contributed by atoms with van der Waals surface area (Å²) in [5, 5.41) is 0. The number of pyridine rings is 1. The van der Waals surface area contributed by atoms with Crippen LogP contribution in [0.4, 0.5) is 5.82 Å². The van der Waals surface area contributed by atoms with Gasteiger partial charge in [-0.15, -0.1) is 0 Å². The van der Waals surface area contributed by atoms with Crippen LogP contribution in [0.2, 0.25) is 0 Å². The summed E-state index contributed by atoms with van der Waals surface area (Å²) in [5.74, 6) is 1.38. The summed E-state index contributed by atoms with van der Waals surface area (Å²) in [5.41, 5.74) is 8.25. The maximum absolute atomic E-state index is 6.21. The van der Waals surface area contributed by atoms with Gasteiger partial charge in [-0.1, -0.05) is 35.2 Å². The Morgan fingerprint density at radius 3 is 2.82 bits per heavy atom. The zero-order chi connectivity index (χ0) is 11.8. The fourth-order valence-electron chi connectivity index (χ4n) is 2.73. The molecule has 1 aliphatic carbocycles. The fourth-order valence-corrected chi connectivity index (χ4v) is 3.06. The lowest BCUT2D eigenvalue weighted by atomic mass is 9.87. The highest BCUT2D eigenvalue weighted by Crippen LogP contribution is 2.35. The molecule has 2 heterocycles. The molecule has 0 saturated heterocycles. The monoisotopic (exact) mass is 293 g/mol. The lowest BCUT2D eigenvalue weighted by Gasteiger charge is -2.20. The van der Waals surface area contributed by atoms with Gasteiger partial charge in [0.2, 0.25) is 0 Å². The van der Waals surface area contributed by atoms with Gasteiger partial charge in [-0.3, -0.25) is 4.40 Å². The normalized spacial score (nSPS) is 17.7. The third-order valence-corrected chi connectivity index (χ3v) is 4.14. The Bertz CT molecular complexity index is 541. The maximum atomic E-state index is 6.21. The highest BCUT2D eigenvalue weighted by molar-refractivity contribution is 9.10. The smallest absolute Gasteiger partial charge is 0.139 e. The van der Waals surface area contributed by atoms with Crippen LogP contribution in [0.1, 0.15) is 43.7 Å². The molecule has 0 unspecified atom stereocenters. The molecule has 4 heteroatoms. The third-order valence-electron chi connectivity index (χ3n) is 3.65. The van der Waals surface area contributed by atoms with E-state index in [9.17, 15) is 0 Å². The summed E-state index contributed by atoms with van der Waals surface area (Å²) in [6.45, 7) is 0. The van der Waals surface area contributed by atoms with Crippen molar-refractivity contribution < 1.29 is 0 Å². The van der Waals surface area contributed by atoms with E-state index in [1.807, 2.05) is 22.7 Å². The van der Waals surface area contributed by atoms with Gasteiger partial charge in [0, 0.05) is 16.6 Å². The molecule has 17 heavy (non-hydrogen) atoms. The van der Waals surface area contributed by atoms with Crippen molar-refractivity contribution in [3.63, 3.8) is 0 Å². The molecule has 3 rings (SSSR count). The van der Waals surface area contributed by atoms with E-state index in [1.165, 1.54) is 32.1 Å². The van der Waals surface area contributed by atoms with Crippen molar-refractivity contribution in [2.45, 2.75) is 38.0 Å². The number of hydrogen-bond donors (Lipinski definition) is 1. The minimum atomic E-state index is 0.558. The molecule has 0 bridgehead atoms. The Balaban J connectivity index is 2.07. The van der Waals surface area contributed by atoms with E-state index in [1.54, 1.807) is 0 Å². The highest BCUT2D eigenvalue weighted by atomic mass is 79.9. The molecule has 3 nitrogen and oxygen atoms in total. The number of nitrogen functional groups attached to an aromatic ring is 1. The van der Waals surface area contributed by atoms with E-state index < -0.39 is 0 Å². The van der Waals surface area contributed by atoms with Crippen molar-refractivity contribution in [2.24, 2.45) is 0 Å². The number of rotatable bonds is 1. The minimum absolute atomic E-state index is 0.558. The third kappa shape index (κ3) is 1.95. The average molecular weight is 294 g/mol. The van der Waals surface area contributed by atoms with Crippen molar-refractivity contribution in [2.75, 3.05) is 5.73 Å². The van der Waals surface area contributed by atoms with Crippen LogP contribution >= 0.6 is 15.9 Å². The molecule has 90 valence electrons. The van der Waals surface area contributed by atoms with Gasteiger partial charge in [-0.05, 0) is 25.0 Å². The molecule has 2 aromatic rings. The number of hydrogen-bond acceptors (Lipinski definition) is 2. The first-order valence-corrected chi connectivity index (χ1v) is 6.98. The highest BCUT2D eigenvalue weighted by Gasteiger charge is 2.21. The van der Waals surface area contributed by atoms with Crippen molar-refractivity contribution in [3.8, 4) is 0 Å². The van der Waals surface area contributed by atoms with Gasteiger partial charge in [0.1, 0.15) is 11.5 Å². The lowest BCUT2D eigenvalue weighted by molar-refractivity contribution is 0.439. The van der Waals surface area contributed by atoms with Crippen molar-refractivity contribution in [1.82, 2.24) is 9.38 Å². The first-order chi connectivity index (χ1) is 8.25. The Labute approximate surface area is 109 Å². The molecule has 0 aromatic carbocycles. The maximum Gasteiger partial charge on any atom is 0.139 e. The molecule has 1 fully saturated rings. The van der Waals surface area contributed by atoms with Gasteiger partial charge >= 0.3 is 0 Å². The number of fused-ring (bicyclic) bond motifs is 1. The average Bonchev–Trinajstić information content (AvgIpc) is 2.67. The Hall–Kier alpha value is -1.03. The summed E-state index contributed by atoms with van der Waals surface area (Å²) in [6.07, 6.45) is 8.41. The number of imidazole rings is 1. The van der Waals surface area contributed by atoms with Crippen LogP contribution < -0.4 is 5.73 Å². The SMILES string of the molecule is Nc1c(C2CCCCC2)nc2cc(Br)ccn12. The Kier molecular flexibility index (Phi) is 2.82. The molecule has 1 aliphatic rings. The minimum Gasteiger partial charge on any atom is -0.383 e. The first kappa shape index (κ1) is 11.1. The second kappa shape index (κ2) is 4.33. The van der Waals surface area contributed by atoms with Gasteiger partial charge in [0.25, 0.3) is 0 Å². The van der Waals surface area contributed by atoms with Crippen molar-refractivity contribution >= 4 is 27.4 Å². The van der Waals surface area contributed by atoms with Crippen molar-refractivity contribution in [1.29, 1.82) is 0 Å². The molecule has 0 aliphatic heterocycles. The molecule has 0 spiro atoms. The summed E-state index contributed by atoms with van der Waals surface area (Å²) < 4.78 is 3.03. The van der Waals surface area contributed by atoms with Gasteiger partial charge in [0.15, 0.2) is 0 Å². The van der Waals surface area contributed by atoms with Crippen LogP contribution in [0.15, 0.2) is 22.8 Å². The van der Waals surface area contributed by atoms with E-state index in [-0.39, 0.29) is 0 Å². The van der Waals surface area contributed by atoms with Crippen LogP contribution in [-0.2, 0) is 0 Å². The van der Waals surface area contributed by atoms with Crippen LogP contribution in [0, 0.1) is 0 Å². The van der Waals surface area contributed by atoms with E-state index >= 15 is 0 Å². The number of nitrogens with two attached hydrogens (primary N) is 1. The van der Waals surface area contributed by atoms with Crippen LogP contribution in [-0.4, -0.2) is 9.38 Å². The van der Waals surface area contributed by atoms with Crippen LogP contribution in [0.5, 0.6) is 0 Å². The lowest BCUT2D eigenvalue weighted by Crippen LogP contribution is -2.07. The predicted molar refractivity (Wildman–Crippen MR) is 73.1 cm³/mol. The quantitative estimate of drug-likeness (QED) is 0.871. The molecular weight excluding hydrogens is 278 g/mol. The zero-order valence-corrected chi connectivity index (χ0v) is 11.3. The molecular formula is C13H16BrN3. The number of anilines is 1. The molecule has 0 amide bonds. The topological polar surface area (TPSA) is 43.3 Å². The molecule has 0 atom stereocenters. The van der Waals surface area contributed by atoms with E-state index in [4.69, 9.17) is 10.7 Å². The standard InChI is InChI=1S/C13H16BrN3/c14-10-6-7-17-11(8-10)16-12(13(17)15)9-4-2-1-3-5-9/h6-9H,1-5,15H2. The van der Waals surface area contributed by atoms with E-state index in [2.05, 4.69) is 15.9 Å². The zero-order valence-electron chi connectivity index (χ0n) is 9.69. The van der Waals surface area contributed by atoms with Crippen LogP contribution in [0.3, 0.4) is 0 Å². The Morgan fingerprint density at radius 2 is 2.06 bits per heavy atom. The number of nitrogens with zero attached hydrogens (tertiary/aromatic N) is 2. The first-order valence-electron chi connectivity index (χ1n) is 6.18. The van der Waals surface area contributed by atoms with Gasteiger partial charge in [-0.25, -0.2) is 4.98 Å². The van der Waals surface area contributed by atoms with Gasteiger partial charge < -0.3 is 5.73 Å². The molecule has 1 saturated carbocycles. The van der Waals surface area contributed by atoms with E-state index in [0.29, 0.717) is 5.92 Å². The van der Waals surface area contributed by atoms with Crippen LogP contribution in [0.25, 0.3) is 5.65 Å². The molecule has 2 N–H and O–H groups in total. The molecule has 0 radical (unpaired) electrons. The fraction of sp³-hybridized carbons (Fsp3) is 0.462. The van der Waals surface area contributed by atoms with E-state index in [0.717, 1.165) is 21.6 Å². The predicted octanol–water partition coefficient (Wildman–Crippen LogP) is 3.73. The van der Waals surface area contributed by atoms with Gasteiger partial charge in [-0.2, -0.15) is 0 Å². The van der Waals surface area contributed by atoms with Crippen molar-refractivity contribution in [3.05, 3.63) is 28.5 Å². The molecule has 2 aromatic heterocycles.